The predicted octanol–water partition coefficient (Wildman–Crippen LogP) is 0.786. The summed E-state index contributed by atoms with van der Waals surface area (Å²) in [7, 11) is -0.687. The lowest BCUT2D eigenvalue weighted by Gasteiger charge is -2.07. The van der Waals surface area contributed by atoms with Crippen LogP contribution in [0.1, 0.15) is 21.9 Å². The van der Waals surface area contributed by atoms with Gasteiger partial charge in [0, 0.05) is 26.5 Å². The minimum atomic E-state index is -3.91. The lowest BCUT2D eigenvalue weighted by Crippen LogP contribution is -2.25. The summed E-state index contributed by atoms with van der Waals surface area (Å²) in [6, 6.07) is 3.42. The quantitative estimate of drug-likeness (QED) is 0.653. The van der Waals surface area contributed by atoms with Crippen molar-refractivity contribution in [1.82, 2.24) is 24.9 Å². The molecule has 2 N–H and O–H groups in total. The van der Waals surface area contributed by atoms with Gasteiger partial charge < -0.3 is 9.73 Å². The number of hydrogen-bond acceptors (Lipinski definition) is 6. The van der Waals surface area contributed by atoms with Crippen LogP contribution in [-0.4, -0.2) is 33.9 Å². The second-order valence-corrected chi connectivity index (χ2v) is 7.34. The van der Waals surface area contributed by atoms with E-state index in [4.69, 9.17) is 4.42 Å². The summed E-state index contributed by atoms with van der Waals surface area (Å²) in [5, 5.41) is 10.7. The topological polar surface area (TPSA) is 124 Å². The maximum atomic E-state index is 12.6. The van der Waals surface area contributed by atoms with Crippen molar-refractivity contribution in [1.29, 1.82) is 0 Å². The first-order valence-corrected chi connectivity index (χ1v) is 9.12. The number of amides is 1. The summed E-state index contributed by atoms with van der Waals surface area (Å²) in [5.74, 6) is 0.0463. The van der Waals surface area contributed by atoms with Gasteiger partial charge in [-0.15, -0.1) is 0 Å². The molecular formula is C15H18N6O4S. The highest BCUT2D eigenvalue weighted by Gasteiger charge is 2.24. The molecule has 0 aromatic carbocycles. The van der Waals surface area contributed by atoms with E-state index in [1.54, 1.807) is 33.2 Å². The summed E-state index contributed by atoms with van der Waals surface area (Å²) in [4.78, 5) is 12.4. The van der Waals surface area contributed by atoms with Crippen LogP contribution in [0.25, 0.3) is 0 Å². The Kier molecular flexibility index (Phi) is 4.55. The van der Waals surface area contributed by atoms with Gasteiger partial charge in [-0.3, -0.25) is 18.9 Å². The molecule has 0 fully saturated rings. The van der Waals surface area contributed by atoms with Crippen molar-refractivity contribution < 1.29 is 17.6 Å². The predicted molar refractivity (Wildman–Crippen MR) is 91.8 cm³/mol. The molecule has 138 valence electrons. The lowest BCUT2D eigenvalue weighted by atomic mass is 10.3. The molecule has 10 nitrogen and oxygen atoms in total. The third-order valence-electron chi connectivity index (χ3n) is 3.55. The number of sulfonamides is 1. The molecule has 3 aromatic rings. The number of carbonyl (C=O) groups is 1. The molecule has 3 rings (SSSR count). The van der Waals surface area contributed by atoms with Gasteiger partial charge in [0.2, 0.25) is 0 Å². The third kappa shape index (κ3) is 3.61. The highest BCUT2D eigenvalue weighted by Crippen LogP contribution is 2.21. The van der Waals surface area contributed by atoms with Crippen LogP contribution in [0.5, 0.6) is 0 Å². The second kappa shape index (κ2) is 6.67. The number of furan rings is 1. The Labute approximate surface area is 149 Å². The molecule has 0 spiro atoms. The Morgan fingerprint density at radius 3 is 2.58 bits per heavy atom. The van der Waals surface area contributed by atoms with Gasteiger partial charge in [-0.1, -0.05) is 0 Å². The molecule has 0 saturated heterocycles. The molecule has 0 aliphatic rings. The van der Waals surface area contributed by atoms with E-state index in [9.17, 15) is 13.2 Å². The van der Waals surface area contributed by atoms with Crippen molar-refractivity contribution in [2.45, 2.75) is 18.4 Å². The number of carbonyl (C=O) groups excluding carboxylic acids is 1. The fourth-order valence-corrected chi connectivity index (χ4v) is 3.71. The van der Waals surface area contributed by atoms with Gasteiger partial charge in [0.05, 0.1) is 24.2 Å². The van der Waals surface area contributed by atoms with Gasteiger partial charge in [0.25, 0.3) is 15.9 Å². The van der Waals surface area contributed by atoms with Gasteiger partial charge >= 0.3 is 0 Å². The van der Waals surface area contributed by atoms with E-state index < -0.39 is 15.9 Å². The molecule has 0 aliphatic carbocycles. The molecule has 0 radical (unpaired) electrons. The molecule has 11 heteroatoms. The van der Waals surface area contributed by atoms with Crippen LogP contribution in [0.4, 0.5) is 5.69 Å². The number of rotatable bonds is 6. The maximum Gasteiger partial charge on any atom is 0.274 e. The fraction of sp³-hybridized carbons (Fsp3) is 0.267. The van der Waals surface area contributed by atoms with Crippen molar-refractivity contribution in [2.24, 2.45) is 14.1 Å². The lowest BCUT2D eigenvalue weighted by molar-refractivity contribution is 0.0943. The van der Waals surface area contributed by atoms with Gasteiger partial charge in [-0.2, -0.15) is 10.2 Å². The van der Waals surface area contributed by atoms with E-state index >= 15 is 0 Å². The number of hydrogen-bond donors (Lipinski definition) is 2. The molecule has 3 aromatic heterocycles. The highest BCUT2D eigenvalue weighted by atomic mass is 32.2. The van der Waals surface area contributed by atoms with Crippen molar-refractivity contribution >= 4 is 21.6 Å². The highest BCUT2D eigenvalue weighted by molar-refractivity contribution is 7.92. The van der Waals surface area contributed by atoms with Crippen LogP contribution in [0.2, 0.25) is 0 Å². The molecule has 0 atom stereocenters. The standard InChI is InChI=1S/C15H18N6O4S/c1-10-13(9-21(3)17-10)26(23,24)19-12-8-20(2)18-14(12)15(22)16-7-11-5-4-6-25-11/h4-6,8-9,19H,7H2,1-3H3,(H,16,22). The van der Waals surface area contributed by atoms with Crippen molar-refractivity contribution in [3.8, 4) is 0 Å². The number of anilines is 1. The van der Waals surface area contributed by atoms with Crippen LogP contribution in [0.15, 0.2) is 40.1 Å². The first-order chi connectivity index (χ1) is 12.3. The average molecular weight is 378 g/mol. The molecule has 1 amide bonds. The normalized spacial score (nSPS) is 11.5. The second-order valence-electron chi connectivity index (χ2n) is 5.69. The molecular weight excluding hydrogens is 360 g/mol. The zero-order chi connectivity index (χ0) is 18.9. The average Bonchev–Trinajstić information content (AvgIpc) is 3.26. The van der Waals surface area contributed by atoms with E-state index in [2.05, 4.69) is 20.2 Å². The van der Waals surface area contributed by atoms with Gasteiger partial charge in [0.1, 0.15) is 10.7 Å². The smallest absolute Gasteiger partial charge is 0.274 e. The Balaban J connectivity index is 1.82. The van der Waals surface area contributed by atoms with Crippen LogP contribution >= 0.6 is 0 Å². The minimum absolute atomic E-state index is 0.0331. The molecule has 0 saturated carbocycles. The van der Waals surface area contributed by atoms with Crippen LogP contribution in [-0.2, 0) is 30.7 Å². The molecule has 0 bridgehead atoms. The van der Waals surface area contributed by atoms with E-state index in [0.717, 1.165) is 0 Å². The third-order valence-corrected chi connectivity index (χ3v) is 5.02. The van der Waals surface area contributed by atoms with Crippen molar-refractivity contribution in [2.75, 3.05) is 4.72 Å². The molecule has 26 heavy (non-hydrogen) atoms. The summed E-state index contributed by atoms with van der Waals surface area (Å²) in [6.45, 7) is 1.76. The summed E-state index contributed by atoms with van der Waals surface area (Å²) < 4.78 is 35.5. The van der Waals surface area contributed by atoms with Gasteiger partial charge in [-0.05, 0) is 19.1 Å². The summed E-state index contributed by atoms with van der Waals surface area (Å²) in [6.07, 6.45) is 4.31. The Bertz CT molecular complexity index is 1030. The van der Waals surface area contributed by atoms with Crippen LogP contribution in [0, 0.1) is 6.92 Å². The number of aromatic nitrogens is 4. The van der Waals surface area contributed by atoms with Crippen LogP contribution < -0.4 is 10.0 Å². The monoisotopic (exact) mass is 378 g/mol. The van der Waals surface area contributed by atoms with Crippen molar-refractivity contribution in [3.05, 3.63) is 47.9 Å². The van der Waals surface area contributed by atoms with Gasteiger partial charge in [0.15, 0.2) is 5.69 Å². The first kappa shape index (κ1) is 17.7. The minimum Gasteiger partial charge on any atom is -0.467 e. The fourth-order valence-electron chi connectivity index (χ4n) is 2.44. The van der Waals surface area contributed by atoms with E-state index in [1.807, 2.05) is 0 Å². The summed E-state index contributed by atoms with van der Waals surface area (Å²) in [5.41, 5.74) is 0.393. The molecule has 0 aliphatic heterocycles. The SMILES string of the molecule is Cc1nn(C)cc1S(=O)(=O)Nc1cn(C)nc1C(=O)NCc1ccco1. The van der Waals surface area contributed by atoms with E-state index in [1.165, 1.54) is 28.0 Å². The Morgan fingerprint density at radius 2 is 1.96 bits per heavy atom. The zero-order valence-electron chi connectivity index (χ0n) is 14.4. The number of nitrogens with zero attached hydrogens (tertiary/aromatic N) is 4. The maximum absolute atomic E-state index is 12.6. The summed E-state index contributed by atoms with van der Waals surface area (Å²) >= 11 is 0. The number of aryl methyl sites for hydroxylation is 3. The largest absolute Gasteiger partial charge is 0.467 e. The first-order valence-electron chi connectivity index (χ1n) is 7.63. The Morgan fingerprint density at radius 1 is 1.23 bits per heavy atom. The Hall–Kier alpha value is -3.08. The van der Waals surface area contributed by atoms with Crippen molar-refractivity contribution in [3.63, 3.8) is 0 Å². The zero-order valence-corrected chi connectivity index (χ0v) is 15.2. The van der Waals surface area contributed by atoms with E-state index in [0.29, 0.717) is 11.5 Å². The molecule has 3 heterocycles. The molecule has 0 unspecified atom stereocenters. The van der Waals surface area contributed by atoms with E-state index in [-0.39, 0.29) is 22.8 Å². The van der Waals surface area contributed by atoms with Gasteiger partial charge in [-0.25, -0.2) is 8.42 Å². The van der Waals surface area contributed by atoms with Crippen LogP contribution in [0.3, 0.4) is 0 Å². The number of nitrogens with one attached hydrogen (secondary N) is 2.